The van der Waals surface area contributed by atoms with E-state index in [4.69, 9.17) is 0 Å². The predicted octanol–water partition coefficient (Wildman–Crippen LogP) is 2.83. The molecular formula is C15H16N2O. The Hall–Kier alpha value is -2.16. The molecule has 3 nitrogen and oxygen atoms in total. The number of aryl methyl sites for hydroxylation is 1. The van der Waals surface area contributed by atoms with Crippen LogP contribution in [0.1, 0.15) is 18.2 Å². The maximum absolute atomic E-state index is 11.8. The molecule has 0 unspecified atom stereocenters. The lowest BCUT2D eigenvalue weighted by molar-refractivity contribution is -0.115. The van der Waals surface area contributed by atoms with Gasteiger partial charge in [-0.2, -0.15) is 0 Å². The van der Waals surface area contributed by atoms with Gasteiger partial charge in [0.05, 0.1) is 6.42 Å². The number of aromatic nitrogens is 1. The largest absolute Gasteiger partial charge is 0.326 e. The van der Waals surface area contributed by atoms with Crippen LogP contribution in [-0.2, 0) is 17.6 Å². The fourth-order valence-corrected chi connectivity index (χ4v) is 1.74. The molecule has 1 aromatic heterocycles. The van der Waals surface area contributed by atoms with Gasteiger partial charge in [-0.15, -0.1) is 0 Å². The average molecular weight is 240 g/mol. The minimum atomic E-state index is -0.0399. The minimum Gasteiger partial charge on any atom is -0.326 e. The van der Waals surface area contributed by atoms with Gasteiger partial charge in [0.1, 0.15) is 0 Å². The third kappa shape index (κ3) is 3.42. The molecule has 0 atom stereocenters. The molecule has 1 heterocycles. The molecule has 0 aliphatic carbocycles. The van der Waals surface area contributed by atoms with Gasteiger partial charge in [-0.3, -0.25) is 9.78 Å². The molecule has 0 bridgehead atoms. The Morgan fingerprint density at radius 3 is 2.83 bits per heavy atom. The van der Waals surface area contributed by atoms with Crippen molar-refractivity contribution in [1.82, 2.24) is 4.98 Å². The van der Waals surface area contributed by atoms with Crippen molar-refractivity contribution in [2.75, 3.05) is 5.32 Å². The fraction of sp³-hybridized carbons (Fsp3) is 0.200. The number of hydrogen-bond acceptors (Lipinski definition) is 2. The quantitative estimate of drug-likeness (QED) is 0.892. The predicted molar refractivity (Wildman–Crippen MR) is 72.4 cm³/mol. The highest BCUT2D eigenvalue weighted by Gasteiger charge is 2.04. The molecule has 0 saturated heterocycles. The summed E-state index contributed by atoms with van der Waals surface area (Å²) in [5, 5.41) is 2.89. The van der Waals surface area contributed by atoms with E-state index in [1.807, 2.05) is 36.4 Å². The molecule has 3 heteroatoms. The van der Waals surface area contributed by atoms with E-state index in [9.17, 15) is 4.79 Å². The number of benzene rings is 1. The zero-order valence-corrected chi connectivity index (χ0v) is 10.4. The number of anilines is 1. The molecule has 0 aliphatic heterocycles. The van der Waals surface area contributed by atoms with Crippen LogP contribution in [0, 0.1) is 0 Å². The highest BCUT2D eigenvalue weighted by molar-refractivity contribution is 5.92. The zero-order chi connectivity index (χ0) is 12.8. The second-order valence-electron chi connectivity index (χ2n) is 4.10. The summed E-state index contributed by atoms with van der Waals surface area (Å²) in [6.45, 7) is 2.09. The Kier molecular flexibility index (Phi) is 4.07. The average Bonchev–Trinajstić information content (AvgIpc) is 2.40. The molecule has 1 N–H and O–H groups in total. The highest BCUT2D eigenvalue weighted by atomic mass is 16.1. The van der Waals surface area contributed by atoms with Crippen molar-refractivity contribution in [3.63, 3.8) is 0 Å². The third-order valence-electron chi connectivity index (χ3n) is 2.69. The Labute approximate surface area is 107 Å². The lowest BCUT2D eigenvalue weighted by Gasteiger charge is -2.06. The lowest BCUT2D eigenvalue weighted by atomic mass is 10.1. The van der Waals surface area contributed by atoms with Gasteiger partial charge in [-0.25, -0.2) is 0 Å². The number of pyridine rings is 1. The Balaban J connectivity index is 1.99. The van der Waals surface area contributed by atoms with E-state index in [0.29, 0.717) is 6.42 Å². The van der Waals surface area contributed by atoms with Crippen LogP contribution < -0.4 is 5.32 Å². The first-order valence-corrected chi connectivity index (χ1v) is 6.06. The minimum absolute atomic E-state index is 0.0399. The Morgan fingerprint density at radius 2 is 2.11 bits per heavy atom. The van der Waals surface area contributed by atoms with E-state index in [2.05, 4.69) is 23.3 Å². The van der Waals surface area contributed by atoms with Crippen molar-refractivity contribution in [3.8, 4) is 0 Å². The van der Waals surface area contributed by atoms with Gasteiger partial charge in [-0.1, -0.05) is 25.1 Å². The normalized spacial score (nSPS) is 10.1. The number of nitrogens with zero attached hydrogens (tertiary/aromatic N) is 1. The summed E-state index contributed by atoms with van der Waals surface area (Å²) in [5.74, 6) is -0.0399. The number of carbonyl (C=O) groups excluding carboxylic acids is 1. The topological polar surface area (TPSA) is 42.0 Å². The molecule has 0 saturated carbocycles. The van der Waals surface area contributed by atoms with Crippen molar-refractivity contribution in [2.24, 2.45) is 0 Å². The molecule has 0 spiro atoms. The van der Waals surface area contributed by atoms with Crippen LogP contribution >= 0.6 is 0 Å². The molecule has 2 aromatic rings. The van der Waals surface area contributed by atoms with Crippen LogP contribution in [-0.4, -0.2) is 10.9 Å². The molecule has 92 valence electrons. The summed E-state index contributed by atoms with van der Waals surface area (Å²) in [6.07, 6.45) is 2.96. The van der Waals surface area contributed by atoms with E-state index >= 15 is 0 Å². The van der Waals surface area contributed by atoms with E-state index in [1.165, 1.54) is 5.56 Å². The first-order valence-electron chi connectivity index (χ1n) is 6.06. The molecule has 18 heavy (non-hydrogen) atoms. The summed E-state index contributed by atoms with van der Waals surface area (Å²) in [4.78, 5) is 16.0. The third-order valence-corrected chi connectivity index (χ3v) is 2.69. The van der Waals surface area contributed by atoms with Crippen LogP contribution in [0.25, 0.3) is 0 Å². The van der Waals surface area contributed by atoms with Crippen molar-refractivity contribution in [2.45, 2.75) is 19.8 Å². The van der Waals surface area contributed by atoms with Crippen LogP contribution in [0.15, 0.2) is 48.7 Å². The van der Waals surface area contributed by atoms with Gasteiger partial charge in [0.15, 0.2) is 0 Å². The summed E-state index contributed by atoms with van der Waals surface area (Å²) in [7, 11) is 0. The van der Waals surface area contributed by atoms with Crippen molar-refractivity contribution in [3.05, 3.63) is 59.9 Å². The van der Waals surface area contributed by atoms with Crippen LogP contribution in [0.4, 0.5) is 5.69 Å². The monoisotopic (exact) mass is 240 g/mol. The summed E-state index contributed by atoms with van der Waals surface area (Å²) in [5.41, 5.74) is 2.84. The molecule has 1 aromatic carbocycles. The molecule has 0 fully saturated rings. The standard InChI is InChI=1S/C15H16N2O/c1-2-12-6-5-8-14(10-12)17-15(18)11-13-7-3-4-9-16-13/h3-10H,2,11H2,1H3,(H,17,18). The van der Waals surface area contributed by atoms with Crippen molar-refractivity contribution in [1.29, 1.82) is 0 Å². The van der Waals surface area contributed by atoms with Gasteiger partial charge < -0.3 is 5.32 Å². The molecule has 0 radical (unpaired) electrons. The number of rotatable bonds is 4. The second-order valence-corrected chi connectivity index (χ2v) is 4.10. The summed E-state index contributed by atoms with van der Waals surface area (Å²) >= 11 is 0. The molecule has 2 rings (SSSR count). The lowest BCUT2D eigenvalue weighted by Crippen LogP contribution is -2.15. The van der Waals surface area contributed by atoms with E-state index in [0.717, 1.165) is 17.8 Å². The maximum atomic E-state index is 11.8. The smallest absolute Gasteiger partial charge is 0.230 e. The van der Waals surface area contributed by atoms with Gasteiger partial charge in [0.25, 0.3) is 0 Å². The van der Waals surface area contributed by atoms with Gasteiger partial charge in [0, 0.05) is 17.6 Å². The van der Waals surface area contributed by atoms with Crippen LogP contribution in [0.5, 0.6) is 0 Å². The number of hydrogen-bond donors (Lipinski definition) is 1. The first-order chi connectivity index (χ1) is 8.78. The number of carbonyl (C=O) groups is 1. The molecular weight excluding hydrogens is 224 g/mol. The first kappa shape index (κ1) is 12.3. The van der Waals surface area contributed by atoms with Crippen LogP contribution in [0.2, 0.25) is 0 Å². The van der Waals surface area contributed by atoms with Crippen LogP contribution in [0.3, 0.4) is 0 Å². The zero-order valence-electron chi connectivity index (χ0n) is 10.4. The Morgan fingerprint density at radius 1 is 1.22 bits per heavy atom. The van der Waals surface area contributed by atoms with Gasteiger partial charge in [0.2, 0.25) is 5.91 Å². The van der Waals surface area contributed by atoms with Crippen molar-refractivity contribution < 1.29 is 4.79 Å². The maximum Gasteiger partial charge on any atom is 0.230 e. The fourth-order valence-electron chi connectivity index (χ4n) is 1.74. The molecule has 1 amide bonds. The summed E-state index contributed by atoms with van der Waals surface area (Å²) < 4.78 is 0. The van der Waals surface area contributed by atoms with E-state index in [1.54, 1.807) is 6.20 Å². The number of nitrogens with one attached hydrogen (secondary N) is 1. The van der Waals surface area contributed by atoms with Gasteiger partial charge >= 0.3 is 0 Å². The second kappa shape index (κ2) is 5.96. The van der Waals surface area contributed by atoms with Crippen molar-refractivity contribution >= 4 is 11.6 Å². The molecule has 0 aliphatic rings. The Bertz CT molecular complexity index is 523. The highest BCUT2D eigenvalue weighted by Crippen LogP contribution is 2.11. The van der Waals surface area contributed by atoms with E-state index < -0.39 is 0 Å². The SMILES string of the molecule is CCc1cccc(NC(=O)Cc2ccccn2)c1. The van der Waals surface area contributed by atoms with E-state index in [-0.39, 0.29) is 5.91 Å². The summed E-state index contributed by atoms with van der Waals surface area (Å²) in [6, 6.07) is 13.5. The number of amides is 1. The van der Waals surface area contributed by atoms with Gasteiger partial charge in [-0.05, 0) is 36.2 Å².